The molecule has 0 saturated heterocycles. The molecule has 0 atom stereocenters. The molecular weight excluding hydrogens is 244 g/mol. The van der Waals surface area contributed by atoms with Crippen molar-refractivity contribution >= 4 is 11.9 Å². The third-order valence-electron chi connectivity index (χ3n) is 2.88. The second-order valence-electron chi connectivity index (χ2n) is 4.78. The van der Waals surface area contributed by atoms with Crippen molar-refractivity contribution in [2.24, 2.45) is 0 Å². The normalized spacial score (nSPS) is 10.2. The van der Waals surface area contributed by atoms with E-state index >= 15 is 0 Å². The Labute approximate surface area is 115 Å². The highest BCUT2D eigenvalue weighted by atomic mass is 16.5. The van der Waals surface area contributed by atoms with E-state index < -0.39 is 11.9 Å². The van der Waals surface area contributed by atoms with Crippen molar-refractivity contribution < 1.29 is 19.4 Å². The quantitative estimate of drug-likeness (QED) is 0.333. The van der Waals surface area contributed by atoms with E-state index in [1.165, 1.54) is 32.1 Å². The lowest BCUT2D eigenvalue weighted by atomic mass is 10.1. The fraction of sp³-hybridized carbons (Fsp3) is 0.733. The van der Waals surface area contributed by atoms with Crippen LogP contribution in [0.2, 0.25) is 0 Å². The molecule has 4 nitrogen and oxygen atoms in total. The van der Waals surface area contributed by atoms with Crippen LogP contribution in [0.15, 0.2) is 12.2 Å². The first-order valence-electron chi connectivity index (χ1n) is 7.14. The van der Waals surface area contributed by atoms with Crippen LogP contribution in [0.25, 0.3) is 0 Å². The Balaban J connectivity index is 3.36. The van der Waals surface area contributed by atoms with Gasteiger partial charge in [0.1, 0.15) is 0 Å². The van der Waals surface area contributed by atoms with Crippen LogP contribution in [-0.4, -0.2) is 23.7 Å². The van der Waals surface area contributed by atoms with E-state index in [4.69, 9.17) is 9.84 Å². The Morgan fingerprint density at radius 1 is 1.00 bits per heavy atom. The molecule has 19 heavy (non-hydrogen) atoms. The summed E-state index contributed by atoms with van der Waals surface area (Å²) in [5.41, 5.74) is 0.00654. The maximum atomic E-state index is 11.3. The van der Waals surface area contributed by atoms with Gasteiger partial charge in [-0.3, -0.25) is 4.79 Å². The van der Waals surface area contributed by atoms with Crippen LogP contribution in [0.5, 0.6) is 0 Å². The van der Waals surface area contributed by atoms with Crippen molar-refractivity contribution in [1.82, 2.24) is 0 Å². The van der Waals surface area contributed by atoms with Gasteiger partial charge in [-0.25, -0.2) is 4.79 Å². The molecule has 0 radical (unpaired) electrons. The highest BCUT2D eigenvalue weighted by Crippen LogP contribution is 2.09. The average Bonchev–Trinajstić information content (AvgIpc) is 2.35. The largest absolute Gasteiger partial charge is 0.481 e. The lowest BCUT2D eigenvalue weighted by molar-refractivity contribution is -0.142. The summed E-state index contributed by atoms with van der Waals surface area (Å²) in [4.78, 5) is 21.7. The Hall–Kier alpha value is -1.32. The minimum atomic E-state index is -1.06. The second kappa shape index (κ2) is 11.8. The molecule has 0 bridgehead atoms. The number of esters is 1. The Kier molecular flexibility index (Phi) is 10.9. The van der Waals surface area contributed by atoms with Gasteiger partial charge in [0, 0.05) is 5.57 Å². The maximum absolute atomic E-state index is 11.3. The van der Waals surface area contributed by atoms with E-state index in [-0.39, 0.29) is 12.0 Å². The predicted molar refractivity (Wildman–Crippen MR) is 75.0 cm³/mol. The number of carbonyl (C=O) groups excluding carboxylic acids is 1. The summed E-state index contributed by atoms with van der Waals surface area (Å²) in [5, 5.41) is 8.49. The zero-order valence-electron chi connectivity index (χ0n) is 12.0. The summed E-state index contributed by atoms with van der Waals surface area (Å²) in [5.74, 6) is -1.65. The third kappa shape index (κ3) is 11.5. The standard InChI is InChI=1S/C15H26O4/c1-3-4-5-6-7-8-9-10-11-19-15(18)13(2)12-14(16)17/h2-12H2,1H3,(H,16,17). The molecule has 0 unspecified atom stereocenters. The van der Waals surface area contributed by atoms with Gasteiger partial charge in [0.25, 0.3) is 0 Å². The molecule has 0 aliphatic carbocycles. The number of ether oxygens (including phenoxy) is 1. The smallest absolute Gasteiger partial charge is 0.333 e. The summed E-state index contributed by atoms with van der Waals surface area (Å²) >= 11 is 0. The average molecular weight is 270 g/mol. The number of carboxylic acids is 1. The van der Waals surface area contributed by atoms with Crippen LogP contribution in [-0.2, 0) is 14.3 Å². The van der Waals surface area contributed by atoms with Gasteiger partial charge in [0.05, 0.1) is 13.0 Å². The molecule has 0 amide bonds. The molecule has 0 aromatic heterocycles. The number of hydrogen-bond acceptors (Lipinski definition) is 3. The SMILES string of the molecule is C=C(CC(=O)O)C(=O)OCCCCCCCCCC. The van der Waals surface area contributed by atoms with Gasteiger partial charge in [-0.05, 0) is 6.42 Å². The summed E-state index contributed by atoms with van der Waals surface area (Å²) in [7, 11) is 0. The topological polar surface area (TPSA) is 63.6 Å². The first-order chi connectivity index (χ1) is 9.07. The summed E-state index contributed by atoms with van der Waals surface area (Å²) < 4.78 is 4.95. The highest BCUT2D eigenvalue weighted by Gasteiger charge is 2.11. The van der Waals surface area contributed by atoms with E-state index in [0.717, 1.165) is 19.3 Å². The molecule has 0 rings (SSSR count). The summed E-state index contributed by atoms with van der Waals surface area (Å²) in [6.45, 7) is 5.95. The fourth-order valence-electron chi connectivity index (χ4n) is 1.76. The minimum Gasteiger partial charge on any atom is -0.481 e. The minimum absolute atomic E-state index is 0.00654. The van der Waals surface area contributed by atoms with Gasteiger partial charge in [-0.15, -0.1) is 0 Å². The summed E-state index contributed by atoms with van der Waals surface area (Å²) in [6, 6.07) is 0. The van der Waals surface area contributed by atoms with Crippen molar-refractivity contribution in [1.29, 1.82) is 0 Å². The lowest BCUT2D eigenvalue weighted by Gasteiger charge is -2.05. The van der Waals surface area contributed by atoms with E-state index in [1.807, 2.05) is 0 Å². The van der Waals surface area contributed by atoms with Crippen LogP contribution < -0.4 is 0 Å². The lowest BCUT2D eigenvalue weighted by Crippen LogP contribution is -2.11. The molecule has 0 aromatic carbocycles. The predicted octanol–water partition coefficient (Wildman–Crippen LogP) is 3.70. The highest BCUT2D eigenvalue weighted by molar-refractivity contribution is 5.92. The van der Waals surface area contributed by atoms with Gasteiger partial charge in [0.15, 0.2) is 0 Å². The molecule has 4 heteroatoms. The monoisotopic (exact) mass is 270 g/mol. The van der Waals surface area contributed by atoms with Crippen molar-refractivity contribution in [2.75, 3.05) is 6.61 Å². The van der Waals surface area contributed by atoms with Gasteiger partial charge in [-0.2, -0.15) is 0 Å². The van der Waals surface area contributed by atoms with Crippen LogP contribution in [0, 0.1) is 0 Å². The molecule has 0 spiro atoms. The number of carboxylic acid groups (broad SMARTS) is 1. The van der Waals surface area contributed by atoms with Gasteiger partial charge >= 0.3 is 11.9 Å². The van der Waals surface area contributed by atoms with E-state index in [2.05, 4.69) is 13.5 Å². The zero-order valence-corrected chi connectivity index (χ0v) is 12.0. The molecule has 0 fully saturated rings. The van der Waals surface area contributed by atoms with E-state index in [0.29, 0.717) is 6.61 Å². The van der Waals surface area contributed by atoms with Crippen molar-refractivity contribution in [3.8, 4) is 0 Å². The van der Waals surface area contributed by atoms with Gasteiger partial charge in [-0.1, -0.05) is 58.4 Å². The van der Waals surface area contributed by atoms with Crippen LogP contribution >= 0.6 is 0 Å². The number of carbonyl (C=O) groups is 2. The van der Waals surface area contributed by atoms with Crippen molar-refractivity contribution in [3.05, 3.63) is 12.2 Å². The van der Waals surface area contributed by atoms with E-state index in [9.17, 15) is 9.59 Å². The van der Waals surface area contributed by atoms with Crippen molar-refractivity contribution in [2.45, 2.75) is 64.7 Å². The molecule has 0 aliphatic heterocycles. The number of rotatable bonds is 12. The molecule has 1 N–H and O–H groups in total. The Bertz CT molecular complexity index is 284. The Morgan fingerprint density at radius 3 is 2.05 bits per heavy atom. The number of unbranched alkanes of at least 4 members (excludes halogenated alkanes) is 7. The van der Waals surface area contributed by atoms with Crippen molar-refractivity contribution in [3.63, 3.8) is 0 Å². The van der Waals surface area contributed by atoms with Crippen LogP contribution in [0.4, 0.5) is 0 Å². The molecule has 0 aliphatic rings. The maximum Gasteiger partial charge on any atom is 0.333 e. The summed E-state index contributed by atoms with van der Waals surface area (Å²) in [6.07, 6.45) is 9.08. The van der Waals surface area contributed by atoms with Gasteiger partial charge in [0.2, 0.25) is 0 Å². The number of hydrogen-bond donors (Lipinski definition) is 1. The number of aliphatic carboxylic acids is 1. The van der Waals surface area contributed by atoms with Crippen LogP contribution in [0.3, 0.4) is 0 Å². The zero-order chi connectivity index (χ0) is 14.5. The Morgan fingerprint density at radius 2 is 1.53 bits per heavy atom. The molecular formula is C15H26O4. The first-order valence-corrected chi connectivity index (χ1v) is 7.14. The van der Waals surface area contributed by atoms with E-state index in [1.54, 1.807) is 0 Å². The first kappa shape index (κ1) is 17.7. The molecule has 0 aromatic rings. The van der Waals surface area contributed by atoms with Gasteiger partial charge < -0.3 is 9.84 Å². The molecule has 0 saturated carbocycles. The fourth-order valence-corrected chi connectivity index (χ4v) is 1.76. The molecule has 110 valence electrons. The van der Waals surface area contributed by atoms with Crippen LogP contribution in [0.1, 0.15) is 64.7 Å². The second-order valence-corrected chi connectivity index (χ2v) is 4.78. The molecule has 0 heterocycles. The third-order valence-corrected chi connectivity index (χ3v) is 2.88.